The summed E-state index contributed by atoms with van der Waals surface area (Å²) in [7, 11) is 0. The molecule has 0 saturated carbocycles. The summed E-state index contributed by atoms with van der Waals surface area (Å²) in [5, 5.41) is 9.97. The maximum atomic E-state index is 11.6. The van der Waals surface area contributed by atoms with Crippen LogP contribution in [0, 0.1) is 0 Å². The van der Waals surface area contributed by atoms with Crippen LogP contribution in [0.4, 0.5) is 0 Å². The standard InChI is InChI=1S/C13H13NO4/c1-3-17-13(16)11-8(2)14-10(12(11)15)7-9-5-4-6-18-9/h4-7,15H,3H2,1-2H3/b10-7+. The third kappa shape index (κ3) is 2.20. The molecule has 0 aliphatic carbocycles. The largest absolute Gasteiger partial charge is 0.505 e. The molecule has 1 aliphatic heterocycles. The number of aliphatic imine (C=N–C) groups is 1. The minimum Gasteiger partial charge on any atom is -0.505 e. The first kappa shape index (κ1) is 12.2. The average molecular weight is 247 g/mol. The van der Waals surface area contributed by atoms with E-state index in [9.17, 15) is 9.90 Å². The Bertz CT molecular complexity index is 550. The number of hydrogen-bond acceptors (Lipinski definition) is 5. The first-order valence-electron chi connectivity index (χ1n) is 5.55. The average Bonchev–Trinajstić information content (AvgIpc) is 2.89. The van der Waals surface area contributed by atoms with E-state index in [-0.39, 0.29) is 17.9 Å². The van der Waals surface area contributed by atoms with Gasteiger partial charge in [0, 0.05) is 6.08 Å². The number of rotatable bonds is 3. The van der Waals surface area contributed by atoms with Crippen molar-refractivity contribution in [2.75, 3.05) is 6.61 Å². The summed E-state index contributed by atoms with van der Waals surface area (Å²) in [6, 6.07) is 3.46. The van der Waals surface area contributed by atoms with Gasteiger partial charge in [-0.25, -0.2) is 9.79 Å². The molecule has 0 unspecified atom stereocenters. The van der Waals surface area contributed by atoms with E-state index in [0.29, 0.717) is 17.2 Å². The van der Waals surface area contributed by atoms with Crippen molar-refractivity contribution in [3.8, 4) is 0 Å². The lowest BCUT2D eigenvalue weighted by atomic mass is 10.1. The van der Waals surface area contributed by atoms with Gasteiger partial charge in [0.2, 0.25) is 0 Å². The Balaban J connectivity index is 2.35. The molecule has 0 atom stereocenters. The number of carbonyl (C=O) groups is 1. The molecule has 0 bridgehead atoms. The second-order valence-corrected chi connectivity index (χ2v) is 3.69. The molecular formula is C13H13NO4. The molecule has 0 aromatic carbocycles. The summed E-state index contributed by atoms with van der Waals surface area (Å²) in [4.78, 5) is 15.8. The van der Waals surface area contributed by atoms with Crippen LogP contribution in [0.2, 0.25) is 0 Å². The zero-order valence-corrected chi connectivity index (χ0v) is 10.1. The van der Waals surface area contributed by atoms with Gasteiger partial charge < -0.3 is 14.3 Å². The number of ether oxygens (including phenoxy) is 1. The number of aliphatic hydroxyl groups excluding tert-OH is 1. The van der Waals surface area contributed by atoms with Crippen molar-refractivity contribution in [1.82, 2.24) is 0 Å². The van der Waals surface area contributed by atoms with Crippen molar-refractivity contribution in [2.24, 2.45) is 4.99 Å². The fraction of sp³-hybridized carbons (Fsp3) is 0.231. The van der Waals surface area contributed by atoms with Gasteiger partial charge >= 0.3 is 5.97 Å². The Kier molecular flexibility index (Phi) is 3.32. The summed E-state index contributed by atoms with van der Waals surface area (Å²) in [5.74, 6) is -0.195. The normalized spacial score (nSPS) is 17.2. The van der Waals surface area contributed by atoms with Crippen LogP contribution >= 0.6 is 0 Å². The van der Waals surface area contributed by atoms with Gasteiger partial charge in [-0.3, -0.25) is 0 Å². The number of furan rings is 1. The summed E-state index contributed by atoms with van der Waals surface area (Å²) < 4.78 is 9.99. The highest BCUT2D eigenvalue weighted by Gasteiger charge is 2.27. The molecule has 5 heteroatoms. The maximum absolute atomic E-state index is 11.6. The molecular weight excluding hydrogens is 234 g/mol. The van der Waals surface area contributed by atoms with E-state index in [0.717, 1.165) is 0 Å². The van der Waals surface area contributed by atoms with Gasteiger partial charge in [-0.1, -0.05) is 0 Å². The molecule has 1 aliphatic rings. The molecule has 0 spiro atoms. The van der Waals surface area contributed by atoms with Crippen LogP contribution in [0.5, 0.6) is 0 Å². The van der Waals surface area contributed by atoms with E-state index in [1.165, 1.54) is 6.26 Å². The van der Waals surface area contributed by atoms with E-state index in [4.69, 9.17) is 9.15 Å². The highest BCUT2D eigenvalue weighted by molar-refractivity contribution is 6.21. The number of hydrogen-bond donors (Lipinski definition) is 1. The summed E-state index contributed by atoms with van der Waals surface area (Å²) in [6.45, 7) is 3.60. The molecule has 0 saturated heterocycles. The van der Waals surface area contributed by atoms with Crippen LogP contribution in [-0.2, 0) is 9.53 Å². The quantitative estimate of drug-likeness (QED) is 0.833. The van der Waals surface area contributed by atoms with Gasteiger partial charge in [0.05, 0.1) is 18.6 Å². The van der Waals surface area contributed by atoms with Crippen molar-refractivity contribution in [3.05, 3.63) is 41.2 Å². The third-order valence-corrected chi connectivity index (χ3v) is 2.43. The SMILES string of the molecule is CCOC(=O)C1=C(O)/C(=C\c2ccco2)N=C1C. The fourth-order valence-electron chi connectivity index (χ4n) is 1.65. The van der Waals surface area contributed by atoms with Gasteiger partial charge in [-0.05, 0) is 26.0 Å². The predicted molar refractivity (Wildman–Crippen MR) is 66.1 cm³/mol. The second-order valence-electron chi connectivity index (χ2n) is 3.69. The molecule has 1 aromatic heterocycles. The van der Waals surface area contributed by atoms with Crippen molar-refractivity contribution in [2.45, 2.75) is 13.8 Å². The molecule has 94 valence electrons. The number of aliphatic hydroxyl groups is 1. The smallest absolute Gasteiger partial charge is 0.343 e. The Labute approximate surface area is 104 Å². The van der Waals surface area contributed by atoms with Crippen LogP contribution in [0.3, 0.4) is 0 Å². The minimum atomic E-state index is -0.570. The highest BCUT2D eigenvalue weighted by atomic mass is 16.5. The Morgan fingerprint density at radius 3 is 3.00 bits per heavy atom. The molecule has 1 N–H and O–H groups in total. The lowest BCUT2D eigenvalue weighted by Crippen LogP contribution is -2.13. The van der Waals surface area contributed by atoms with Gasteiger partial charge in [0.15, 0.2) is 5.76 Å². The van der Waals surface area contributed by atoms with Gasteiger partial charge in [0.25, 0.3) is 0 Å². The van der Waals surface area contributed by atoms with E-state index in [1.807, 2.05) is 0 Å². The molecule has 0 fully saturated rings. The lowest BCUT2D eigenvalue weighted by Gasteiger charge is -2.02. The van der Waals surface area contributed by atoms with E-state index in [2.05, 4.69) is 4.99 Å². The van der Waals surface area contributed by atoms with Crippen molar-refractivity contribution >= 4 is 17.8 Å². The number of nitrogens with zero attached hydrogens (tertiary/aromatic N) is 1. The summed E-state index contributed by atoms with van der Waals surface area (Å²) in [6.07, 6.45) is 3.08. The first-order chi connectivity index (χ1) is 8.63. The first-order valence-corrected chi connectivity index (χ1v) is 5.55. The van der Waals surface area contributed by atoms with E-state index < -0.39 is 5.97 Å². The summed E-state index contributed by atoms with van der Waals surface area (Å²) >= 11 is 0. The maximum Gasteiger partial charge on any atom is 0.343 e. The topological polar surface area (TPSA) is 72.0 Å². The summed E-state index contributed by atoms with van der Waals surface area (Å²) in [5.41, 5.74) is 0.837. The fourth-order valence-corrected chi connectivity index (χ4v) is 1.65. The molecule has 0 amide bonds. The Morgan fingerprint density at radius 1 is 1.61 bits per heavy atom. The van der Waals surface area contributed by atoms with Gasteiger partial charge in [-0.15, -0.1) is 0 Å². The van der Waals surface area contributed by atoms with Crippen LogP contribution < -0.4 is 0 Å². The monoisotopic (exact) mass is 247 g/mol. The molecule has 2 heterocycles. The predicted octanol–water partition coefficient (Wildman–Crippen LogP) is 2.47. The number of esters is 1. The minimum absolute atomic E-state index is 0.106. The van der Waals surface area contributed by atoms with Crippen LogP contribution in [-0.4, -0.2) is 23.4 Å². The molecule has 2 rings (SSSR count). The molecule has 0 radical (unpaired) electrons. The third-order valence-electron chi connectivity index (χ3n) is 2.43. The van der Waals surface area contributed by atoms with Crippen LogP contribution in [0.25, 0.3) is 6.08 Å². The van der Waals surface area contributed by atoms with E-state index in [1.54, 1.807) is 32.1 Å². The lowest BCUT2D eigenvalue weighted by molar-refractivity contribution is -0.138. The Hall–Kier alpha value is -2.30. The number of carbonyl (C=O) groups excluding carboxylic acids is 1. The molecule has 5 nitrogen and oxygen atoms in total. The van der Waals surface area contributed by atoms with Crippen molar-refractivity contribution < 1.29 is 19.1 Å². The van der Waals surface area contributed by atoms with Crippen molar-refractivity contribution in [1.29, 1.82) is 0 Å². The van der Waals surface area contributed by atoms with Crippen molar-refractivity contribution in [3.63, 3.8) is 0 Å². The van der Waals surface area contributed by atoms with E-state index >= 15 is 0 Å². The second kappa shape index (κ2) is 4.91. The van der Waals surface area contributed by atoms with Crippen LogP contribution in [0.15, 0.2) is 44.8 Å². The molecule has 1 aromatic rings. The zero-order valence-electron chi connectivity index (χ0n) is 10.1. The zero-order chi connectivity index (χ0) is 13.1. The van der Waals surface area contributed by atoms with Gasteiger partial charge in [-0.2, -0.15) is 0 Å². The Morgan fingerprint density at radius 2 is 2.39 bits per heavy atom. The van der Waals surface area contributed by atoms with Crippen LogP contribution in [0.1, 0.15) is 19.6 Å². The molecule has 18 heavy (non-hydrogen) atoms. The highest BCUT2D eigenvalue weighted by Crippen LogP contribution is 2.26. The van der Waals surface area contributed by atoms with Gasteiger partial charge in [0.1, 0.15) is 17.0 Å².